The van der Waals surface area contributed by atoms with Crippen LogP contribution in [0.2, 0.25) is 0 Å². The zero-order valence-corrected chi connectivity index (χ0v) is 14.1. The topological polar surface area (TPSA) is 98.7 Å². The normalized spacial score (nSPS) is 12.0. The molecule has 0 aliphatic rings. The molecule has 0 atom stereocenters. The first-order chi connectivity index (χ1) is 13.3. The minimum Gasteiger partial charge on any atom is -0.329 e. The first kappa shape index (κ1) is 17.8. The van der Waals surface area contributed by atoms with Crippen molar-refractivity contribution in [3.8, 4) is 11.4 Å². The number of hydrogen-bond acceptors (Lipinski definition) is 5. The second-order valence-electron chi connectivity index (χ2n) is 5.97. The lowest BCUT2D eigenvalue weighted by Crippen LogP contribution is -2.25. The molecule has 0 spiro atoms. The van der Waals surface area contributed by atoms with Gasteiger partial charge in [-0.05, 0) is 18.2 Å². The molecule has 0 bridgehead atoms. The minimum atomic E-state index is -4.76. The van der Waals surface area contributed by atoms with Crippen LogP contribution in [0.15, 0.2) is 56.7 Å². The van der Waals surface area contributed by atoms with E-state index in [9.17, 15) is 22.8 Å². The molecule has 0 fully saturated rings. The van der Waals surface area contributed by atoms with E-state index in [1.165, 1.54) is 21.4 Å². The summed E-state index contributed by atoms with van der Waals surface area (Å²) in [6, 6.07) is 9.68. The molecule has 0 saturated heterocycles. The molecule has 3 heterocycles. The van der Waals surface area contributed by atoms with E-state index in [4.69, 9.17) is 0 Å². The first-order valence-corrected chi connectivity index (χ1v) is 8.12. The molecule has 4 rings (SSSR count). The summed E-state index contributed by atoms with van der Waals surface area (Å²) in [5.41, 5.74) is 0.738. The number of nitrogens with zero attached hydrogens (tertiary/aromatic N) is 4. The number of alkyl halides is 3. The molecule has 4 aromatic rings. The number of aryl methyl sites for hydroxylation is 2. The number of fused-ring (bicyclic) bond motifs is 1. The number of H-pyrrole nitrogens is 1. The standard InChI is InChI=1S/C17H12F3N5O3/c18-17(19,20)15-22-14(23-28-15)10-5-6-24(13(26)9-10)7-8-25-12-4-2-1-3-11(12)21-16(25)27/h1-6,9H,7-8H2,(H,21,27). The van der Waals surface area contributed by atoms with Crippen LogP contribution in [0.4, 0.5) is 13.2 Å². The van der Waals surface area contributed by atoms with Gasteiger partial charge in [-0.2, -0.15) is 18.2 Å². The number of nitrogens with one attached hydrogen (secondary N) is 1. The predicted molar refractivity (Wildman–Crippen MR) is 91.6 cm³/mol. The lowest BCUT2D eigenvalue weighted by atomic mass is 10.2. The van der Waals surface area contributed by atoms with Crippen molar-refractivity contribution in [1.82, 2.24) is 24.3 Å². The average Bonchev–Trinajstić information content (AvgIpc) is 3.25. The van der Waals surface area contributed by atoms with Crippen LogP contribution in [0, 0.1) is 0 Å². The number of rotatable bonds is 4. The molecule has 0 aliphatic carbocycles. The molecule has 3 aromatic heterocycles. The largest absolute Gasteiger partial charge is 0.471 e. The Balaban J connectivity index is 1.57. The van der Waals surface area contributed by atoms with Crippen LogP contribution < -0.4 is 11.2 Å². The Bertz CT molecular complexity index is 1270. The monoisotopic (exact) mass is 391 g/mol. The highest BCUT2D eigenvalue weighted by Crippen LogP contribution is 2.29. The van der Waals surface area contributed by atoms with Crippen molar-refractivity contribution >= 4 is 11.0 Å². The maximum atomic E-state index is 12.5. The molecule has 11 heteroatoms. The van der Waals surface area contributed by atoms with Gasteiger partial charge in [-0.1, -0.05) is 17.3 Å². The average molecular weight is 391 g/mol. The van der Waals surface area contributed by atoms with Crippen LogP contribution in [0.1, 0.15) is 5.89 Å². The van der Waals surface area contributed by atoms with E-state index in [-0.39, 0.29) is 30.2 Å². The van der Waals surface area contributed by atoms with Crippen molar-refractivity contribution in [1.29, 1.82) is 0 Å². The first-order valence-electron chi connectivity index (χ1n) is 8.12. The van der Waals surface area contributed by atoms with Gasteiger partial charge in [0.1, 0.15) is 0 Å². The van der Waals surface area contributed by atoms with Gasteiger partial charge in [-0.3, -0.25) is 9.36 Å². The maximum absolute atomic E-state index is 12.5. The lowest BCUT2D eigenvalue weighted by Gasteiger charge is -2.07. The third-order valence-electron chi connectivity index (χ3n) is 4.17. The van der Waals surface area contributed by atoms with Gasteiger partial charge >= 0.3 is 17.8 Å². The van der Waals surface area contributed by atoms with Gasteiger partial charge in [0.15, 0.2) is 0 Å². The van der Waals surface area contributed by atoms with Crippen LogP contribution in [0.3, 0.4) is 0 Å². The summed E-state index contributed by atoms with van der Waals surface area (Å²) in [5, 5.41) is 3.25. The van der Waals surface area contributed by atoms with Crippen LogP contribution in [-0.4, -0.2) is 24.3 Å². The Hall–Kier alpha value is -3.63. The van der Waals surface area contributed by atoms with Crippen molar-refractivity contribution in [2.24, 2.45) is 0 Å². The van der Waals surface area contributed by atoms with Crippen LogP contribution >= 0.6 is 0 Å². The minimum absolute atomic E-state index is 0.102. The van der Waals surface area contributed by atoms with E-state index in [1.54, 1.807) is 24.3 Å². The molecule has 8 nitrogen and oxygen atoms in total. The van der Waals surface area contributed by atoms with Crippen LogP contribution in [0.5, 0.6) is 0 Å². The molecular weight excluding hydrogens is 379 g/mol. The Labute approximate surface area is 153 Å². The smallest absolute Gasteiger partial charge is 0.329 e. The molecule has 144 valence electrons. The van der Waals surface area contributed by atoms with E-state index >= 15 is 0 Å². The van der Waals surface area contributed by atoms with Gasteiger partial charge in [-0.25, -0.2) is 4.79 Å². The van der Waals surface area contributed by atoms with Gasteiger partial charge < -0.3 is 14.1 Å². The van der Waals surface area contributed by atoms with Gasteiger partial charge in [0.05, 0.1) is 11.0 Å². The fourth-order valence-electron chi connectivity index (χ4n) is 2.82. The van der Waals surface area contributed by atoms with Gasteiger partial charge in [0.2, 0.25) is 5.82 Å². The molecule has 0 radical (unpaired) electrons. The number of aromatic amines is 1. The van der Waals surface area contributed by atoms with E-state index in [2.05, 4.69) is 19.6 Å². The number of imidazole rings is 1. The highest BCUT2D eigenvalue weighted by atomic mass is 19.4. The zero-order valence-electron chi connectivity index (χ0n) is 14.1. The summed E-state index contributed by atoms with van der Waals surface area (Å²) in [6.07, 6.45) is -3.35. The second kappa shape index (κ2) is 6.51. The Morgan fingerprint density at radius 2 is 1.89 bits per heavy atom. The van der Waals surface area contributed by atoms with E-state index < -0.39 is 17.6 Å². The van der Waals surface area contributed by atoms with Crippen molar-refractivity contribution < 1.29 is 17.7 Å². The van der Waals surface area contributed by atoms with E-state index in [1.807, 2.05) is 0 Å². The summed E-state index contributed by atoms with van der Waals surface area (Å²) in [4.78, 5) is 30.3. The molecule has 0 amide bonds. The molecule has 0 saturated carbocycles. The van der Waals surface area contributed by atoms with Crippen molar-refractivity contribution in [3.05, 3.63) is 69.3 Å². The summed E-state index contributed by atoms with van der Waals surface area (Å²) < 4.78 is 44.6. The number of para-hydroxylation sites is 2. The van der Waals surface area contributed by atoms with Crippen LogP contribution in [-0.2, 0) is 19.3 Å². The highest BCUT2D eigenvalue weighted by molar-refractivity contribution is 5.74. The summed E-state index contributed by atoms with van der Waals surface area (Å²) in [6.45, 7) is 0.434. The predicted octanol–water partition coefficient (Wildman–Crippen LogP) is 2.26. The van der Waals surface area contributed by atoms with Crippen molar-refractivity contribution in [2.75, 3.05) is 0 Å². The fraction of sp³-hybridized carbons (Fsp3) is 0.176. The number of aromatic nitrogens is 5. The highest BCUT2D eigenvalue weighted by Gasteiger charge is 2.38. The maximum Gasteiger partial charge on any atom is 0.471 e. The summed E-state index contributed by atoms with van der Waals surface area (Å²) >= 11 is 0. The number of halogens is 3. The third kappa shape index (κ3) is 3.21. The molecule has 1 N–H and O–H groups in total. The zero-order chi connectivity index (χ0) is 19.9. The van der Waals surface area contributed by atoms with Gasteiger partial charge in [-0.15, -0.1) is 0 Å². The van der Waals surface area contributed by atoms with Gasteiger partial charge in [0, 0.05) is 30.9 Å². The Morgan fingerprint density at radius 3 is 2.61 bits per heavy atom. The molecule has 1 aromatic carbocycles. The molecule has 0 unspecified atom stereocenters. The lowest BCUT2D eigenvalue weighted by molar-refractivity contribution is -0.159. The van der Waals surface area contributed by atoms with Gasteiger partial charge in [0.25, 0.3) is 5.56 Å². The van der Waals surface area contributed by atoms with E-state index in [0.717, 1.165) is 6.07 Å². The number of pyridine rings is 1. The molecule has 0 aliphatic heterocycles. The summed E-state index contributed by atoms with van der Waals surface area (Å²) in [5.74, 6) is -1.81. The third-order valence-corrected chi connectivity index (χ3v) is 4.17. The van der Waals surface area contributed by atoms with Crippen LogP contribution in [0.25, 0.3) is 22.4 Å². The number of hydrogen-bond donors (Lipinski definition) is 1. The number of benzene rings is 1. The second-order valence-corrected chi connectivity index (χ2v) is 5.97. The molecular formula is C17H12F3N5O3. The van der Waals surface area contributed by atoms with Crippen molar-refractivity contribution in [2.45, 2.75) is 19.3 Å². The Morgan fingerprint density at radius 1 is 1.11 bits per heavy atom. The fourth-order valence-corrected chi connectivity index (χ4v) is 2.82. The molecule has 28 heavy (non-hydrogen) atoms. The van der Waals surface area contributed by atoms with Crippen molar-refractivity contribution in [3.63, 3.8) is 0 Å². The van der Waals surface area contributed by atoms with E-state index in [0.29, 0.717) is 11.0 Å². The SMILES string of the molecule is O=c1cc(-c2noc(C(F)(F)F)n2)ccn1CCn1c(=O)[nH]c2ccccc21. The quantitative estimate of drug-likeness (QED) is 0.575. The Kier molecular flexibility index (Phi) is 4.13. The summed E-state index contributed by atoms with van der Waals surface area (Å²) in [7, 11) is 0.